The number of hydrogen-bond acceptors (Lipinski definition) is 3. The molecule has 0 aliphatic rings. The van der Waals surface area contributed by atoms with E-state index in [0.717, 1.165) is 5.01 Å². The molecule has 2 aromatic rings. The zero-order valence-corrected chi connectivity index (χ0v) is 12.6. The third kappa shape index (κ3) is 3.08. The highest BCUT2D eigenvalue weighted by molar-refractivity contribution is 7.15. The SMILES string of the molecule is CC(C)c1nc(C(=O)O)c(-c2cc(Cl)cc(Cl)c2)s1. The van der Waals surface area contributed by atoms with Crippen LogP contribution in [0.25, 0.3) is 10.4 Å². The third-order valence-electron chi connectivity index (χ3n) is 2.46. The maximum atomic E-state index is 11.3. The largest absolute Gasteiger partial charge is 0.476 e. The summed E-state index contributed by atoms with van der Waals surface area (Å²) >= 11 is 13.3. The van der Waals surface area contributed by atoms with Crippen molar-refractivity contribution in [3.8, 4) is 10.4 Å². The monoisotopic (exact) mass is 315 g/mol. The minimum absolute atomic E-state index is 0.0482. The van der Waals surface area contributed by atoms with Crippen LogP contribution in [0, 0.1) is 0 Å². The molecule has 0 spiro atoms. The summed E-state index contributed by atoms with van der Waals surface area (Å²) in [6.07, 6.45) is 0. The summed E-state index contributed by atoms with van der Waals surface area (Å²) in [7, 11) is 0. The van der Waals surface area contributed by atoms with Gasteiger partial charge < -0.3 is 5.11 Å². The van der Waals surface area contributed by atoms with Gasteiger partial charge in [0.2, 0.25) is 0 Å². The highest BCUT2D eigenvalue weighted by atomic mass is 35.5. The Bertz CT molecular complexity index is 617. The van der Waals surface area contributed by atoms with Crippen LogP contribution in [0.4, 0.5) is 0 Å². The van der Waals surface area contributed by atoms with Crippen LogP contribution in [0.15, 0.2) is 18.2 Å². The molecule has 3 nitrogen and oxygen atoms in total. The summed E-state index contributed by atoms with van der Waals surface area (Å²) in [6.45, 7) is 3.94. The Morgan fingerprint density at radius 2 is 1.84 bits per heavy atom. The van der Waals surface area contributed by atoms with Crippen molar-refractivity contribution in [2.45, 2.75) is 19.8 Å². The molecule has 2 rings (SSSR count). The van der Waals surface area contributed by atoms with Crippen LogP contribution < -0.4 is 0 Å². The maximum Gasteiger partial charge on any atom is 0.356 e. The number of rotatable bonds is 3. The van der Waals surface area contributed by atoms with Gasteiger partial charge in [0.1, 0.15) is 0 Å². The lowest BCUT2D eigenvalue weighted by Gasteiger charge is -2.01. The van der Waals surface area contributed by atoms with Gasteiger partial charge in [0, 0.05) is 16.0 Å². The molecule has 19 heavy (non-hydrogen) atoms. The molecule has 0 aliphatic heterocycles. The van der Waals surface area contributed by atoms with Crippen molar-refractivity contribution in [1.82, 2.24) is 4.98 Å². The molecular weight excluding hydrogens is 305 g/mol. The number of aromatic nitrogens is 1. The van der Waals surface area contributed by atoms with Crippen LogP contribution in [0.5, 0.6) is 0 Å². The Balaban J connectivity index is 2.62. The van der Waals surface area contributed by atoms with Gasteiger partial charge in [0.05, 0.1) is 9.88 Å². The molecule has 1 N–H and O–H groups in total. The molecule has 6 heteroatoms. The molecule has 0 saturated heterocycles. The summed E-state index contributed by atoms with van der Waals surface area (Å²) in [4.78, 5) is 16.0. The van der Waals surface area contributed by atoms with Crippen molar-refractivity contribution < 1.29 is 9.90 Å². The van der Waals surface area contributed by atoms with Crippen LogP contribution in [0.1, 0.15) is 35.3 Å². The summed E-state index contributed by atoms with van der Waals surface area (Å²) in [5, 5.41) is 11.0. The smallest absolute Gasteiger partial charge is 0.356 e. The first kappa shape index (κ1) is 14.3. The predicted octanol–water partition coefficient (Wildman–Crippen LogP) is 4.94. The Labute approximate surface area is 124 Å². The van der Waals surface area contributed by atoms with Crippen LogP contribution in [0.2, 0.25) is 10.0 Å². The number of benzene rings is 1. The number of carboxylic acids is 1. The number of hydrogen-bond donors (Lipinski definition) is 1. The van der Waals surface area contributed by atoms with E-state index in [2.05, 4.69) is 4.98 Å². The van der Waals surface area contributed by atoms with Gasteiger partial charge in [-0.1, -0.05) is 37.0 Å². The van der Waals surface area contributed by atoms with Gasteiger partial charge in [0.15, 0.2) is 5.69 Å². The second kappa shape index (κ2) is 5.49. The number of carbonyl (C=O) groups is 1. The van der Waals surface area contributed by atoms with E-state index < -0.39 is 5.97 Å². The van der Waals surface area contributed by atoms with Gasteiger partial charge in [-0.25, -0.2) is 9.78 Å². The molecule has 0 saturated carbocycles. The number of carboxylic acid groups (broad SMARTS) is 1. The molecule has 0 amide bonds. The van der Waals surface area contributed by atoms with Crippen LogP contribution in [-0.4, -0.2) is 16.1 Å². The molecule has 0 aliphatic carbocycles. The van der Waals surface area contributed by atoms with Crippen molar-refractivity contribution in [3.05, 3.63) is 38.9 Å². The quantitative estimate of drug-likeness (QED) is 0.872. The van der Waals surface area contributed by atoms with Crippen molar-refractivity contribution in [2.75, 3.05) is 0 Å². The normalized spacial score (nSPS) is 11.0. The van der Waals surface area contributed by atoms with Crippen molar-refractivity contribution in [2.24, 2.45) is 0 Å². The first-order chi connectivity index (χ1) is 8.88. The Kier molecular flexibility index (Phi) is 4.13. The van der Waals surface area contributed by atoms with E-state index >= 15 is 0 Å². The lowest BCUT2D eigenvalue weighted by Crippen LogP contribution is -1.99. The van der Waals surface area contributed by atoms with Gasteiger partial charge in [-0.3, -0.25) is 0 Å². The van der Waals surface area contributed by atoms with Crippen molar-refractivity contribution in [3.63, 3.8) is 0 Å². The first-order valence-electron chi connectivity index (χ1n) is 5.59. The van der Waals surface area contributed by atoms with Gasteiger partial charge in [0.25, 0.3) is 0 Å². The molecule has 1 heterocycles. The lowest BCUT2D eigenvalue weighted by molar-refractivity contribution is 0.0692. The van der Waals surface area contributed by atoms with E-state index in [1.54, 1.807) is 18.2 Å². The van der Waals surface area contributed by atoms with E-state index in [1.807, 2.05) is 13.8 Å². The summed E-state index contributed by atoms with van der Waals surface area (Å²) in [6, 6.07) is 4.99. The topological polar surface area (TPSA) is 50.2 Å². The van der Waals surface area contributed by atoms with Gasteiger partial charge in [-0.2, -0.15) is 0 Å². The Morgan fingerprint density at radius 1 is 1.26 bits per heavy atom. The molecule has 0 atom stereocenters. The molecule has 1 aromatic carbocycles. The summed E-state index contributed by atoms with van der Waals surface area (Å²) in [5.41, 5.74) is 0.728. The van der Waals surface area contributed by atoms with Gasteiger partial charge in [-0.05, 0) is 23.8 Å². The second-order valence-electron chi connectivity index (χ2n) is 4.35. The van der Waals surface area contributed by atoms with E-state index in [4.69, 9.17) is 23.2 Å². The zero-order valence-electron chi connectivity index (χ0n) is 10.3. The Morgan fingerprint density at radius 3 is 2.32 bits per heavy atom. The van der Waals surface area contributed by atoms with Crippen LogP contribution in [-0.2, 0) is 0 Å². The van der Waals surface area contributed by atoms with E-state index in [-0.39, 0.29) is 11.6 Å². The highest BCUT2D eigenvalue weighted by Crippen LogP contribution is 2.36. The average molecular weight is 316 g/mol. The van der Waals surface area contributed by atoms with E-state index in [9.17, 15) is 9.90 Å². The number of halogens is 2. The summed E-state index contributed by atoms with van der Waals surface area (Å²) in [5.74, 6) is -0.874. The van der Waals surface area contributed by atoms with Crippen molar-refractivity contribution >= 4 is 40.5 Å². The maximum absolute atomic E-state index is 11.3. The summed E-state index contributed by atoms with van der Waals surface area (Å²) < 4.78 is 0. The predicted molar refractivity (Wildman–Crippen MR) is 78.6 cm³/mol. The second-order valence-corrected chi connectivity index (χ2v) is 6.25. The molecule has 1 aromatic heterocycles. The van der Waals surface area contributed by atoms with E-state index in [0.29, 0.717) is 20.5 Å². The lowest BCUT2D eigenvalue weighted by atomic mass is 10.1. The van der Waals surface area contributed by atoms with E-state index in [1.165, 1.54) is 11.3 Å². The fourth-order valence-corrected chi connectivity index (χ4v) is 3.18. The molecule has 0 unspecified atom stereocenters. The van der Waals surface area contributed by atoms with Gasteiger partial charge in [-0.15, -0.1) is 11.3 Å². The fraction of sp³-hybridized carbons (Fsp3) is 0.231. The molecule has 0 fully saturated rings. The van der Waals surface area contributed by atoms with Gasteiger partial charge >= 0.3 is 5.97 Å². The van der Waals surface area contributed by atoms with Crippen LogP contribution >= 0.6 is 34.5 Å². The number of aromatic carboxylic acids is 1. The first-order valence-corrected chi connectivity index (χ1v) is 7.16. The van der Waals surface area contributed by atoms with Crippen molar-refractivity contribution in [1.29, 1.82) is 0 Å². The molecular formula is C13H11Cl2NO2S. The molecule has 0 bridgehead atoms. The average Bonchev–Trinajstić information content (AvgIpc) is 2.72. The highest BCUT2D eigenvalue weighted by Gasteiger charge is 2.20. The standard InChI is InChI=1S/C13H11Cl2NO2S/c1-6(2)12-16-10(13(17)18)11(19-12)7-3-8(14)5-9(15)4-7/h3-6H,1-2H3,(H,17,18). The minimum Gasteiger partial charge on any atom is -0.476 e. The number of thiazole rings is 1. The van der Waals surface area contributed by atoms with Crippen LogP contribution in [0.3, 0.4) is 0 Å². The zero-order chi connectivity index (χ0) is 14.2. The number of nitrogens with zero attached hydrogens (tertiary/aromatic N) is 1. The minimum atomic E-state index is -1.05. The Hall–Kier alpha value is -1.10. The fourth-order valence-electron chi connectivity index (χ4n) is 1.61. The molecule has 100 valence electrons. The molecule has 0 radical (unpaired) electrons. The third-order valence-corrected chi connectivity index (χ3v) is 4.31.